The van der Waals surface area contributed by atoms with Crippen molar-refractivity contribution in [3.8, 4) is 0 Å². The van der Waals surface area contributed by atoms with Crippen molar-refractivity contribution in [3.63, 3.8) is 0 Å². The molecule has 0 aromatic heterocycles. The first-order valence-corrected chi connectivity index (χ1v) is 7.95. The number of hydrogen-bond donors (Lipinski definition) is 2. The average molecular weight is 288 g/mol. The molecule has 2 N–H and O–H groups in total. The minimum absolute atomic E-state index is 0.0264. The van der Waals surface area contributed by atoms with E-state index in [2.05, 4.69) is 22.8 Å². The standard InChI is InChI=1S/C17H24N2O2/c20-16(18-11-7-14-4-2-1-3-5-14)19-15-6-8-17(15)9-12-21-13-10-17/h1-5,15H,6-13H2,(H2,18,19,20). The molecular weight excluding hydrogens is 264 g/mol. The van der Waals surface area contributed by atoms with Gasteiger partial charge in [-0.1, -0.05) is 30.3 Å². The Hall–Kier alpha value is -1.55. The molecule has 1 aromatic carbocycles. The normalized spacial score (nSPS) is 23.3. The number of amides is 2. The van der Waals surface area contributed by atoms with Crippen LogP contribution in [-0.4, -0.2) is 31.8 Å². The molecule has 114 valence electrons. The Bertz CT molecular complexity index is 469. The molecule has 2 aliphatic rings. The van der Waals surface area contributed by atoms with E-state index in [0.717, 1.165) is 38.9 Å². The summed E-state index contributed by atoms with van der Waals surface area (Å²) in [5.41, 5.74) is 1.57. The van der Waals surface area contributed by atoms with Crippen molar-refractivity contribution in [2.75, 3.05) is 19.8 Å². The van der Waals surface area contributed by atoms with E-state index < -0.39 is 0 Å². The highest BCUT2D eigenvalue weighted by Crippen LogP contribution is 2.48. The molecule has 1 spiro atoms. The topological polar surface area (TPSA) is 50.4 Å². The van der Waals surface area contributed by atoms with Gasteiger partial charge < -0.3 is 15.4 Å². The summed E-state index contributed by atoms with van der Waals surface area (Å²) in [6.07, 6.45) is 5.37. The first-order chi connectivity index (χ1) is 10.3. The maximum Gasteiger partial charge on any atom is 0.315 e. The molecule has 4 heteroatoms. The summed E-state index contributed by atoms with van der Waals surface area (Å²) in [6.45, 7) is 2.36. The zero-order valence-corrected chi connectivity index (χ0v) is 12.4. The second kappa shape index (κ2) is 6.48. The van der Waals surface area contributed by atoms with Gasteiger partial charge in [0.05, 0.1) is 0 Å². The van der Waals surface area contributed by atoms with Gasteiger partial charge in [-0.2, -0.15) is 0 Å². The Labute approximate surface area is 126 Å². The van der Waals surface area contributed by atoms with Crippen LogP contribution in [0.3, 0.4) is 0 Å². The highest BCUT2D eigenvalue weighted by atomic mass is 16.5. The Morgan fingerprint density at radius 3 is 2.62 bits per heavy atom. The van der Waals surface area contributed by atoms with Gasteiger partial charge in [0.25, 0.3) is 0 Å². The number of rotatable bonds is 4. The first-order valence-electron chi connectivity index (χ1n) is 7.95. The zero-order chi connectivity index (χ0) is 14.5. The average Bonchev–Trinajstić information content (AvgIpc) is 2.53. The fourth-order valence-corrected chi connectivity index (χ4v) is 3.47. The largest absolute Gasteiger partial charge is 0.381 e. The minimum atomic E-state index is -0.0264. The van der Waals surface area contributed by atoms with E-state index >= 15 is 0 Å². The second-order valence-electron chi connectivity index (χ2n) is 6.20. The van der Waals surface area contributed by atoms with E-state index in [1.165, 1.54) is 12.0 Å². The van der Waals surface area contributed by atoms with E-state index in [1.807, 2.05) is 18.2 Å². The van der Waals surface area contributed by atoms with Crippen LogP contribution in [-0.2, 0) is 11.2 Å². The van der Waals surface area contributed by atoms with Crippen molar-refractivity contribution in [1.29, 1.82) is 0 Å². The molecule has 4 nitrogen and oxygen atoms in total. The van der Waals surface area contributed by atoms with Crippen LogP contribution < -0.4 is 10.6 Å². The monoisotopic (exact) mass is 288 g/mol. The minimum Gasteiger partial charge on any atom is -0.381 e. The molecule has 2 amide bonds. The highest BCUT2D eigenvalue weighted by molar-refractivity contribution is 5.74. The van der Waals surface area contributed by atoms with Crippen LogP contribution in [0.15, 0.2) is 30.3 Å². The van der Waals surface area contributed by atoms with Gasteiger partial charge in [0.15, 0.2) is 0 Å². The Morgan fingerprint density at radius 1 is 1.19 bits per heavy atom. The summed E-state index contributed by atoms with van der Waals surface area (Å²) in [7, 11) is 0. The number of benzene rings is 1. The molecule has 1 atom stereocenters. The van der Waals surface area contributed by atoms with Crippen LogP contribution in [0.25, 0.3) is 0 Å². The lowest BCUT2D eigenvalue weighted by molar-refractivity contribution is -0.0511. The molecule has 0 bridgehead atoms. The van der Waals surface area contributed by atoms with Crippen molar-refractivity contribution in [2.45, 2.75) is 38.1 Å². The molecular formula is C17H24N2O2. The van der Waals surface area contributed by atoms with Crippen molar-refractivity contribution < 1.29 is 9.53 Å². The molecule has 0 radical (unpaired) electrons. The van der Waals surface area contributed by atoms with Gasteiger partial charge in [0.2, 0.25) is 0 Å². The number of carbonyl (C=O) groups excluding carboxylic acids is 1. The summed E-state index contributed by atoms with van der Waals surface area (Å²) in [4.78, 5) is 12.0. The molecule has 1 saturated carbocycles. The number of carbonyl (C=O) groups is 1. The molecule has 1 saturated heterocycles. The third kappa shape index (κ3) is 3.38. The van der Waals surface area contributed by atoms with E-state index in [9.17, 15) is 4.79 Å². The van der Waals surface area contributed by atoms with E-state index in [1.54, 1.807) is 0 Å². The van der Waals surface area contributed by atoms with Gasteiger partial charge in [-0.15, -0.1) is 0 Å². The summed E-state index contributed by atoms with van der Waals surface area (Å²) in [6, 6.07) is 10.5. The molecule has 3 rings (SSSR count). The van der Waals surface area contributed by atoms with Crippen LogP contribution in [0.4, 0.5) is 4.79 Å². The van der Waals surface area contributed by atoms with Gasteiger partial charge in [-0.3, -0.25) is 0 Å². The first kappa shape index (κ1) is 14.4. The number of nitrogens with one attached hydrogen (secondary N) is 2. The fourth-order valence-electron chi connectivity index (χ4n) is 3.47. The van der Waals surface area contributed by atoms with E-state index in [0.29, 0.717) is 18.0 Å². The van der Waals surface area contributed by atoms with E-state index in [4.69, 9.17) is 4.74 Å². The lowest BCUT2D eigenvalue weighted by atomic mass is 9.60. The SMILES string of the molecule is O=C(NCCc1ccccc1)NC1CCC12CCOCC2. The van der Waals surface area contributed by atoms with Gasteiger partial charge in [-0.05, 0) is 43.1 Å². The van der Waals surface area contributed by atoms with Crippen molar-refractivity contribution >= 4 is 6.03 Å². The van der Waals surface area contributed by atoms with Crippen molar-refractivity contribution in [1.82, 2.24) is 10.6 Å². The zero-order valence-electron chi connectivity index (χ0n) is 12.4. The lowest BCUT2D eigenvalue weighted by Gasteiger charge is -2.51. The number of ether oxygens (including phenoxy) is 1. The molecule has 1 heterocycles. The Morgan fingerprint density at radius 2 is 1.95 bits per heavy atom. The predicted molar refractivity (Wildman–Crippen MR) is 82.2 cm³/mol. The third-order valence-corrected chi connectivity index (χ3v) is 5.01. The summed E-state index contributed by atoms with van der Waals surface area (Å²) < 4.78 is 5.44. The van der Waals surface area contributed by atoms with Crippen LogP contribution in [0.1, 0.15) is 31.2 Å². The highest BCUT2D eigenvalue weighted by Gasteiger charge is 2.47. The number of hydrogen-bond acceptors (Lipinski definition) is 2. The maximum atomic E-state index is 12.0. The van der Waals surface area contributed by atoms with E-state index in [-0.39, 0.29) is 6.03 Å². The van der Waals surface area contributed by atoms with Crippen molar-refractivity contribution in [3.05, 3.63) is 35.9 Å². The number of urea groups is 1. The van der Waals surface area contributed by atoms with Gasteiger partial charge in [0.1, 0.15) is 0 Å². The van der Waals surface area contributed by atoms with Crippen LogP contribution >= 0.6 is 0 Å². The van der Waals surface area contributed by atoms with Gasteiger partial charge in [-0.25, -0.2) is 4.79 Å². The van der Waals surface area contributed by atoms with Crippen LogP contribution in [0.5, 0.6) is 0 Å². The quantitative estimate of drug-likeness (QED) is 0.894. The summed E-state index contributed by atoms with van der Waals surface area (Å²) in [5, 5.41) is 6.13. The third-order valence-electron chi connectivity index (χ3n) is 5.01. The smallest absolute Gasteiger partial charge is 0.315 e. The predicted octanol–water partition coefficient (Wildman–Crippen LogP) is 2.49. The molecule has 1 aliphatic carbocycles. The molecule has 21 heavy (non-hydrogen) atoms. The molecule has 1 aliphatic heterocycles. The molecule has 1 aromatic rings. The molecule has 1 unspecified atom stereocenters. The Balaban J connectivity index is 1.40. The lowest BCUT2D eigenvalue weighted by Crippen LogP contribution is -2.59. The second-order valence-corrected chi connectivity index (χ2v) is 6.20. The van der Waals surface area contributed by atoms with Crippen LogP contribution in [0, 0.1) is 5.41 Å². The summed E-state index contributed by atoms with van der Waals surface area (Å²) in [5.74, 6) is 0. The molecule has 2 fully saturated rings. The van der Waals surface area contributed by atoms with Gasteiger partial charge in [0, 0.05) is 25.8 Å². The van der Waals surface area contributed by atoms with Crippen LogP contribution in [0.2, 0.25) is 0 Å². The van der Waals surface area contributed by atoms with Gasteiger partial charge >= 0.3 is 6.03 Å². The Kier molecular flexibility index (Phi) is 4.44. The maximum absolute atomic E-state index is 12.0. The van der Waals surface area contributed by atoms with Crippen molar-refractivity contribution in [2.24, 2.45) is 5.41 Å². The fraction of sp³-hybridized carbons (Fsp3) is 0.588. The summed E-state index contributed by atoms with van der Waals surface area (Å²) >= 11 is 0.